The number of fused-ring (bicyclic) bond motifs is 4. The topological polar surface area (TPSA) is 38.2 Å². The van der Waals surface area contributed by atoms with Crippen LogP contribution < -0.4 is 9.64 Å². The number of hydrogen-bond donors (Lipinski definition) is 0. The van der Waals surface area contributed by atoms with Crippen molar-refractivity contribution in [1.29, 1.82) is 0 Å². The summed E-state index contributed by atoms with van der Waals surface area (Å²) in [6, 6.07) is 6.80. The average Bonchev–Trinajstić information content (AvgIpc) is 2.52. The molecule has 0 N–H and O–H groups in total. The van der Waals surface area contributed by atoms with Gasteiger partial charge >= 0.3 is 0 Å². The minimum Gasteiger partial charge on any atom is -0.473 e. The molecule has 0 bridgehead atoms. The summed E-state index contributed by atoms with van der Waals surface area (Å²) >= 11 is 0. The molecular weight excluding hydrogens is 250 g/mol. The number of piperidine rings is 1. The molecule has 0 amide bonds. The second-order valence-corrected chi connectivity index (χ2v) is 5.68. The first-order chi connectivity index (χ1) is 9.85. The summed E-state index contributed by atoms with van der Waals surface area (Å²) in [5.41, 5.74) is 3.22. The van der Waals surface area contributed by atoms with Gasteiger partial charge < -0.3 is 9.64 Å². The van der Waals surface area contributed by atoms with E-state index in [2.05, 4.69) is 28.9 Å². The molecule has 4 rings (SSSR count). The van der Waals surface area contributed by atoms with Crippen LogP contribution in [0.3, 0.4) is 0 Å². The normalized spacial score (nSPS) is 21.2. The van der Waals surface area contributed by atoms with E-state index >= 15 is 0 Å². The molecule has 3 heterocycles. The minimum atomic E-state index is 0.484. The van der Waals surface area contributed by atoms with Crippen molar-refractivity contribution in [2.45, 2.75) is 38.6 Å². The number of ether oxygens (including phenoxy) is 1. The molecule has 4 nitrogen and oxygen atoms in total. The summed E-state index contributed by atoms with van der Waals surface area (Å²) in [4.78, 5) is 11.9. The van der Waals surface area contributed by atoms with Gasteiger partial charge in [-0.05, 0) is 43.4 Å². The smallest absolute Gasteiger partial charge is 0.258 e. The van der Waals surface area contributed by atoms with Crippen molar-refractivity contribution < 1.29 is 4.74 Å². The van der Waals surface area contributed by atoms with Gasteiger partial charge in [0, 0.05) is 6.54 Å². The van der Waals surface area contributed by atoms with E-state index in [9.17, 15) is 0 Å². The van der Waals surface area contributed by atoms with Crippen LogP contribution in [0.15, 0.2) is 18.2 Å². The fraction of sp³-hybridized carbons (Fsp3) is 0.500. The zero-order chi connectivity index (χ0) is 13.5. The number of anilines is 1. The Morgan fingerprint density at radius 2 is 2.20 bits per heavy atom. The highest BCUT2D eigenvalue weighted by Crippen LogP contribution is 2.35. The van der Waals surface area contributed by atoms with Gasteiger partial charge in [-0.3, -0.25) is 0 Å². The lowest BCUT2D eigenvalue weighted by molar-refractivity contribution is 0.230. The lowest BCUT2D eigenvalue weighted by Gasteiger charge is -2.40. The van der Waals surface area contributed by atoms with Gasteiger partial charge in [-0.15, -0.1) is 0 Å². The maximum Gasteiger partial charge on any atom is 0.258 e. The predicted octanol–water partition coefficient (Wildman–Crippen LogP) is 2.94. The first-order valence-corrected chi connectivity index (χ1v) is 7.55. The van der Waals surface area contributed by atoms with Gasteiger partial charge in [0.25, 0.3) is 5.88 Å². The Morgan fingerprint density at radius 3 is 3.10 bits per heavy atom. The summed E-state index contributed by atoms with van der Waals surface area (Å²) in [7, 11) is 0. The summed E-state index contributed by atoms with van der Waals surface area (Å²) < 4.78 is 5.84. The second kappa shape index (κ2) is 4.62. The molecular formula is C16H19N3O. The highest BCUT2D eigenvalue weighted by Gasteiger charge is 2.32. The van der Waals surface area contributed by atoms with Crippen molar-refractivity contribution in [2.24, 2.45) is 0 Å². The van der Waals surface area contributed by atoms with Gasteiger partial charge in [0.1, 0.15) is 6.61 Å². The summed E-state index contributed by atoms with van der Waals surface area (Å²) in [5, 5.41) is 0. The van der Waals surface area contributed by atoms with Crippen LogP contribution in [0.2, 0.25) is 0 Å². The monoisotopic (exact) mass is 269 g/mol. The van der Waals surface area contributed by atoms with Crippen molar-refractivity contribution in [3.05, 3.63) is 23.8 Å². The van der Waals surface area contributed by atoms with Crippen LogP contribution in [-0.2, 0) is 6.42 Å². The molecule has 1 fully saturated rings. The number of hydrogen-bond acceptors (Lipinski definition) is 4. The molecule has 1 unspecified atom stereocenters. The van der Waals surface area contributed by atoms with E-state index in [-0.39, 0.29) is 0 Å². The van der Waals surface area contributed by atoms with Gasteiger partial charge in [-0.25, -0.2) is 9.97 Å². The highest BCUT2D eigenvalue weighted by atomic mass is 16.5. The fourth-order valence-electron chi connectivity index (χ4n) is 3.21. The Morgan fingerprint density at radius 1 is 1.25 bits per heavy atom. The third kappa shape index (κ3) is 1.82. The molecule has 4 heteroatoms. The molecule has 20 heavy (non-hydrogen) atoms. The maximum atomic E-state index is 5.84. The lowest BCUT2D eigenvalue weighted by atomic mass is 10.0. The molecule has 1 atom stereocenters. The fourth-order valence-corrected chi connectivity index (χ4v) is 3.21. The van der Waals surface area contributed by atoms with Crippen LogP contribution in [0.25, 0.3) is 11.0 Å². The van der Waals surface area contributed by atoms with E-state index in [0.717, 1.165) is 36.4 Å². The Balaban J connectivity index is 1.84. The van der Waals surface area contributed by atoms with E-state index in [0.29, 0.717) is 11.9 Å². The molecule has 1 aromatic heterocycles. The van der Waals surface area contributed by atoms with Crippen LogP contribution >= 0.6 is 0 Å². The van der Waals surface area contributed by atoms with Crippen molar-refractivity contribution in [1.82, 2.24) is 9.97 Å². The van der Waals surface area contributed by atoms with Crippen LogP contribution in [-0.4, -0.2) is 29.2 Å². The molecule has 2 aliphatic rings. The zero-order valence-electron chi connectivity index (χ0n) is 11.8. The van der Waals surface area contributed by atoms with Crippen LogP contribution in [0.4, 0.5) is 5.82 Å². The largest absolute Gasteiger partial charge is 0.473 e. The van der Waals surface area contributed by atoms with Gasteiger partial charge in [-0.1, -0.05) is 13.0 Å². The van der Waals surface area contributed by atoms with E-state index in [4.69, 9.17) is 9.72 Å². The molecule has 2 aliphatic heterocycles. The van der Waals surface area contributed by atoms with Crippen molar-refractivity contribution >= 4 is 16.9 Å². The first-order valence-electron chi connectivity index (χ1n) is 7.55. The Bertz CT molecular complexity index is 655. The minimum absolute atomic E-state index is 0.484. The third-order valence-corrected chi connectivity index (χ3v) is 4.40. The molecule has 0 spiro atoms. The van der Waals surface area contributed by atoms with Crippen molar-refractivity contribution in [2.75, 3.05) is 18.1 Å². The molecule has 1 saturated heterocycles. The SMILES string of the molecule is CCc1ccc2nc3c(nc2c1)N1CCCCC1CO3. The summed E-state index contributed by atoms with van der Waals surface area (Å²) in [5.74, 6) is 1.65. The number of aromatic nitrogens is 2. The third-order valence-electron chi connectivity index (χ3n) is 4.40. The maximum absolute atomic E-state index is 5.84. The zero-order valence-corrected chi connectivity index (χ0v) is 11.8. The summed E-state index contributed by atoms with van der Waals surface area (Å²) in [6.45, 7) is 3.99. The lowest BCUT2D eigenvalue weighted by Crippen LogP contribution is -2.46. The van der Waals surface area contributed by atoms with Gasteiger partial charge in [0.2, 0.25) is 0 Å². The van der Waals surface area contributed by atoms with E-state index in [1.54, 1.807) is 0 Å². The van der Waals surface area contributed by atoms with Crippen LogP contribution in [0.5, 0.6) is 5.88 Å². The van der Waals surface area contributed by atoms with Gasteiger partial charge in [-0.2, -0.15) is 0 Å². The van der Waals surface area contributed by atoms with E-state index in [1.807, 2.05) is 6.07 Å². The Labute approximate surface area is 118 Å². The molecule has 0 radical (unpaired) electrons. The van der Waals surface area contributed by atoms with Gasteiger partial charge in [0.05, 0.1) is 17.1 Å². The molecule has 1 aromatic carbocycles. The quantitative estimate of drug-likeness (QED) is 0.798. The van der Waals surface area contributed by atoms with Crippen molar-refractivity contribution in [3.63, 3.8) is 0 Å². The average molecular weight is 269 g/mol. The summed E-state index contributed by atoms with van der Waals surface area (Å²) in [6.07, 6.45) is 4.76. The van der Waals surface area contributed by atoms with Gasteiger partial charge in [0.15, 0.2) is 5.82 Å². The standard InChI is InChI=1S/C16H19N3O/c1-2-11-6-7-13-14(9-11)17-15-16(18-13)20-10-12-5-3-4-8-19(12)15/h6-7,9,12H,2-5,8,10H2,1H3. The number of rotatable bonds is 1. The Hall–Kier alpha value is -1.84. The molecule has 104 valence electrons. The predicted molar refractivity (Wildman–Crippen MR) is 79.4 cm³/mol. The molecule has 0 saturated carbocycles. The van der Waals surface area contributed by atoms with Crippen LogP contribution in [0.1, 0.15) is 31.7 Å². The first kappa shape index (κ1) is 11.9. The number of nitrogens with zero attached hydrogens (tertiary/aromatic N) is 3. The highest BCUT2D eigenvalue weighted by molar-refractivity contribution is 5.78. The van der Waals surface area contributed by atoms with E-state index < -0.39 is 0 Å². The number of benzene rings is 1. The van der Waals surface area contributed by atoms with Crippen LogP contribution in [0, 0.1) is 0 Å². The second-order valence-electron chi connectivity index (χ2n) is 5.68. The molecule has 0 aliphatic carbocycles. The van der Waals surface area contributed by atoms with Crippen molar-refractivity contribution in [3.8, 4) is 5.88 Å². The molecule has 2 aromatic rings. The Kier molecular flexibility index (Phi) is 2.76. The number of aryl methyl sites for hydroxylation is 1. The van der Waals surface area contributed by atoms with E-state index in [1.165, 1.54) is 24.8 Å².